The standard InChI is InChI=1S/C21H30N2O.ClH/c1-3-4-14-23(20-15-18-11-12-19(16-20)22(18)2)21(24)13-10-17-8-6-5-7-9-17;/h5-10,13,18-20H,3-4,11-12,14-16H2,1-2H3;1H/b13-10+;. The summed E-state index contributed by atoms with van der Waals surface area (Å²) >= 11 is 0. The van der Waals surface area contributed by atoms with E-state index in [0.29, 0.717) is 18.1 Å². The lowest BCUT2D eigenvalue weighted by Crippen LogP contribution is -2.50. The van der Waals surface area contributed by atoms with E-state index >= 15 is 0 Å². The molecule has 25 heavy (non-hydrogen) atoms. The van der Waals surface area contributed by atoms with Crippen molar-refractivity contribution in [2.45, 2.75) is 63.6 Å². The lowest BCUT2D eigenvalue weighted by atomic mass is 9.96. The molecule has 0 aromatic heterocycles. The third-order valence-corrected chi connectivity index (χ3v) is 5.77. The Morgan fingerprint density at radius 1 is 1.20 bits per heavy atom. The lowest BCUT2D eigenvalue weighted by molar-refractivity contribution is -0.129. The molecule has 3 rings (SSSR count). The SMILES string of the molecule is CCCCN(C(=O)/C=C/c1ccccc1)C1CC2CCC(C1)N2C.Cl. The predicted octanol–water partition coefficient (Wildman–Crippen LogP) is 4.38. The maximum atomic E-state index is 12.9. The van der Waals surface area contributed by atoms with Crippen LogP contribution in [-0.4, -0.2) is 47.4 Å². The number of amides is 1. The largest absolute Gasteiger partial charge is 0.336 e. The molecule has 138 valence electrons. The Morgan fingerprint density at radius 2 is 1.84 bits per heavy atom. The molecule has 0 spiro atoms. The van der Waals surface area contributed by atoms with Gasteiger partial charge in [0.05, 0.1) is 0 Å². The van der Waals surface area contributed by atoms with Gasteiger partial charge in [0.25, 0.3) is 0 Å². The first-order valence-corrected chi connectivity index (χ1v) is 9.44. The molecule has 0 saturated carbocycles. The molecule has 1 aromatic rings. The fourth-order valence-electron chi connectivity index (χ4n) is 4.27. The zero-order chi connectivity index (χ0) is 16.9. The number of halogens is 1. The number of fused-ring (bicyclic) bond motifs is 2. The van der Waals surface area contributed by atoms with E-state index < -0.39 is 0 Å². The van der Waals surface area contributed by atoms with Crippen molar-refractivity contribution >= 4 is 24.4 Å². The molecule has 2 unspecified atom stereocenters. The molecule has 0 aliphatic carbocycles. The van der Waals surface area contributed by atoms with Crippen LogP contribution in [0.1, 0.15) is 51.0 Å². The number of benzene rings is 1. The summed E-state index contributed by atoms with van der Waals surface area (Å²) in [5.74, 6) is 0.182. The third-order valence-electron chi connectivity index (χ3n) is 5.77. The van der Waals surface area contributed by atoms with Crippen molar-refractivity contribution in [3.05, 3.63) is 42.0 Å². The highest BCUT2D eigenvalue weighted by Gasteiger charge is 2.40. The van der Waals surface area contributed by atoms with Gasteiger partial charge in [-0.25, -0.2) is 0 Å². The molecule has 2 saturated heterocycles. The molecule has 4 heteroatoms. The van der Waals surface area contributed by atoms with Crippen molar-refractivity contribution in [2.24, 2.45) is 0 Å². The molecule has 2 bridgehead atoms. The van der Waals surface area contributed by atoms with E-state index in [1.54, 1.807) is 6.08 Å². The van der Waals surface area contributed by atoms with Crippen LogP contribution in [0.5, 0.6) is 0 Å². The van der Waals surface area contributed by atoms with E-state index in [9.17, 15) is 4.79 Å². The van der Waals surface area contributed by atoms with E-state index in [1.807, 2.05) is 36.4 Å². The number of nitrogens with zero attached hydrogens (tertiary/aromatic N) is 2. The molecule has 2 fully saturated rings. The smallest absolute Gasteiger partial charge is 0.246 e. The Balaban J connectivity index is 0.00000225. The summed E-state index contributed by atoms with van der Waals surface area (Å²) in [4.78, 5) is 17.6. The van der Waals surface area contributed by atoms with Gasteiger partial charge in [0.2, 0.25) is 5.91 Å². The Hall–Kier alpha value is -1.32. The maximum absolute atomic E-state index is 12.9. The molecule has 2 heterocycles. The average Bonchev–Trinajstić information content (AvgIpc) is 2.82. The number of carbonyl (C=O) groups excluding carboxylic acids is 1. The number of hydrogen-bond donors (Lipinski definition) is 0. The Kier molecular flexibility index (Phi) is 7.52. The molecule has 2 atom stereocenters. The molecule has 3 nitrogen and oxygen atoms in total. The summed E-state index contributed by atoms with van der Waals surface area (Å²) in [5, 5.41) is 0. The Bertz CT molecular complexity index is 561. The van der Waals surface area contributed by atoms with Crippen molar-refractivity contribution in [1.82, 2.24) is 9.80 Å². The van der Waals surface area contributed by atoms with Gasteiger partial charge in [0.15, 0.2) is 0 Å². The van der Waals surface area contributed by atoms with Crippen LogP contribution < -0.4 is 0 Å². The number of rotatable bonds is 6. The predicted molar refractivity (Wildman–Crippen MR) is 107 cm³/mol. The molecule has 1 amide bonds. The molecular weight excluding hydrogens is 332 g/mol. The fraction of sp³-hybridized carbons (Fsp3) is 0.571. The second kappa shape index (κ2) is 9.40. The first kappa shape index (κ1) is 20.0. The van der Waals surface area contributed by atoms with E-state index in [-0.39, 0.29) is 18.3 Å². The van der Waals surface area contributed by atoms with Gasteiger partial charge >= 0.3 is 0 Å². The van der Waals surface area contributed by atoms with Crippen molar-refractivity contribution in [3.8, 4) is 0 Å². The van der Waals surface area contributed by atoms with Crippen LogP contribution in [-0.2, 0) is 4.79 Å². The summed E-state index contributed by atoms with van der Waals surface area (Å²) in [6, 6.07) is 11.8. The Morgan fingerprint density at radius 3 is 2.44 bits per heavy atom. The van der Waals surface area contributed by atoms with Gasteiger partial charge < -0.3 is 9.80 Å². The van der Waals surface area contributed by atoms with Crippen LogP contribution in [0.4, 0.5) is 0 Å². The summed E-state index contributed by atoms with van der Waals surface area (Å²) in [7, 11) is 2.26. The van der Waals surface area contributed by atoms with Gasteiger partial charge in [-0.3, -0.25) is 4.79 Å². The van der Waals surface area contributed by atoms with E-state index in [1.165, 1.54) is 12.8 Å². The van der Waals surface area contributed by atoms with E-state index in [0.717, 1.165) is 37.8 Å². The van der Waals surface area contributed by atoms with Gasteiger partial charge in [-0.05, 0) is 50.8 Å². The van der Waals surface area contributed by atoms with Gasteiger partial charge in [-0.1, -0.05) is 43.7 Å². The average molecular weight is 363 g/mol. The van der Waals surface area contributed by atoms with Crippen molar-refractivity contribution in [1.29, 1.82) is 0 Å². The molecule has 2 aliphatic heterocycles. The minimum absolute atomic E-state index is 0. The first-order valence-electron chi connectivity index (χ1n) is 9.44. The second-order valence-corrected chi connectivity index (χ2v) is 7.30. The fourth-order valence-corrected chi connectivity index (χ4v) is 4.27. The van der Waals surface area contributed by atoms with Gasteiger partial charge in [0.1, 0.15) is 0 Å². The van der Waals surface area contributed by atoms with Crippen LogP contribution in [0.15, 0.2) is 36.4 Å². The van der Waals surface area contributed by atoms with Crippen LogP contribution in [0.2, 0.25) is 0 Å². The third kappa shape index (κ3) is 4.86. The quantitative estimate of drug-likeness (QED) is 0.701. The summed E-state index contributed by atoms with van der Waals surface area (Å²) < 4.78 is 0. The Labute approximate surface area is 158 Å². The lowest BCUT2D eigenvalue weighted by Gasteiger charge is -2.41. The number of hydrogen-bond acceptors (Lipinski definition) is 2. The van der Waals surface area contributed by atoms with Crippen LogP contribution in [0.25, 0.3) is 6.08 Å². The van der Waals surface area contributed by atoms with Crippen molar-refractivity contribution < 1.29 is 4.79 Å². The zero-order valence-corrected chi connectivity index (χ0v) is 16.3. The maximum Gasteiger partial charge on any atom is 0.246 e. The highest BCUT2D eigenvalue weighted by Crippen LogP contribution is 2.36. The molecule has 0 N–H and O–H groups in total. The number of unbranched alkanes of at least 4 members (excludes halogenated alkanes) is 1. The monoisotopic (exact) mass is 362 g/mol. The zero-order valence-electron chi connectivity index (χ0n) is 15.4. The normalized spacial score (nSPS) is 25.8. The van der Waals surface area contributed by atoms with Crippen LogP contribution >= 0.6 is 12.4 Å². The van der Waals surface area contributed by atoms with Crippen LogP contribution in [0, 0.1) is 0 Å². The summed E-state index contributed by atoms with van der Waals surface area (Å²) in [5.41, 5.74) is 1.09. The molecule has 2 aliphatic rings. The van der Waals surface area contributed by atoms with Crippen molar-refractivity contribution in [2.75, 3.05) is 13.6 Å². The van der Waals surface area contributed by atoms with E-state index in [4.69, 9.17) is 0 Å². The summed E-state index contributed by atoms with van der Waals surface area (Å²) in [6.07, 6.45) is 10.8. The number of piperidine rings is 1. The molecule has 1 aromatic carbocycles. The highest BCUT2D eigenvalue weighted by molar-refractivity contribution is 5.92. The van der Waals surface area contributed by atoms with Gasteiger partial charge in [-0.2, -0.15) is 0 Å². The molecule has 0 radical (unpaired) electrons. The minimum atomic E-state index is 0. The van der Waals surface area contributed by atoms with Crippen molar-refractivity contribution in [3.63, 3.8) is 0 Å². The van der Waals surface area contributed by atoms with Gasteiger partial charge in [0, 0.05) is 30.7 Å². The van der Waals surface area contributed by atoms with Gasteiger partial charge in [-0.15, -0.1) is 12.4 Å². The number of carbonyl (C=O) groups is 1. The first-order chi connectivity index (χ1) is 11.7. The minimum Gasteiger partial charge on any atom is -0.336 e. The van der Waals surface area contributed by atoms with Crippen LogP contribution in [0.3, 0.4) is 0 Å². The summed E-state index contributed by atoms with van der Waals surface area (Å²) in [6.45, 7) is 3.09. The molecular formula is C21H31ClN2O. The second-order valence-electron chi connectivity index (χ2n) is 7.30. The van der Waals surface area contributed by atoms with E-state index in [2.05, 4.69) is 23.8 Å². The highest BCUT2D eigenvalue weighted by atomic mass is 35.5. The topological polar surface area (TPSA) is 23.6 Å².